The molecule has 2 aromatic carbocycles. The predicted octanol–water partition coefficient (Wildman–Crippen LogP) is 2.52. The van der Waals surface area contributed by atoms with Gasteiger partial charge in [0.1, 0.15) is 17.9 Å². The molecule has 6 rings (SSSR count). The van der Waals surface area contributed by atoms with Crippen LogP contribution < -0.4 is 20.5 Å². The lowest BCUT2D eigenvalue weighted by molar-refractivity contribution is 0.188. The van der Waals surface area contributed by atoms with Crippen molar-refractivity contribution in [2.45, 2.75) is 25.8 Å². The van der Waals surface area contributed by atoms with Crippen LogP contribution in [0.15, 0.2) is 47.3 Å². The normalized spacial score (nSPS) is 18.8. The van der Waals surface area contributed by atoms with Gasteiger partial charge in [0.2, 0.25) is 0 Å². The molecule has 0 aliphatic carbocycles. The van der Waals surface area contributed by atoms with Crippen LogP contribution in [0.2, 0.25) is 0 Å². The van der Waals surface area contributed by atoms with Gasteiger partial charge < -0.3 is 19.9 Å². The number of fused-ring (bicyclic) bond motifs is 2. The van der Waals surface area contributed by atoms with Gasteiger partial charge in [0, 0.05) is 37.6 Å². The number of likely N-dealkylation sites (N-methyl/N-ethyl adjacent to an activating group) is 1. The molecule has 36 heavy (non-hydrogen) atoms. The van der Waals surface area contributed by atoms with E-state index in [4.69, 9.17) is 14.7 Å². The number of hydrogen-bond donors (Lipinski definition) is 1. The van der Waals surface area contributed by atoms with Gasteiger partial charge in [-0.3, -0.25) is 9.36 Å². The molecule has 2 aromatic heterocycles. The van der Waals surface area contributed by atoms with E-state index in [2.05, 4.69) is 27.1 Å². The number of aromatic nitrogens is 4. The van der Waals surface area contributed by atoms with Crippen LogP contribution in [0, 0.1) is 6.92 Å². The second-order valence-corrected chi connectivity index (χ2v) is 9.65. The Hall–Kier alpha value is -3.56. The van der Waals surface area contributed by atoms with Crippen LogP contribution in [-0.4, -0.2) is 76.8 Å². The van der Waals surface area contributed by atoms with Crippen molar-refractivity contribution >= 4 is 27.6 Å². The third-order valence-electron chi connectivity index (χ3n) is 7.35. The molecule has 0 amide bonds. The van der Waals surface area contributed by atoms with E-state index in [9.17, 15) is 4.79 Å². The molecule has 0 saturated carbocycles. The van der Waals surface area contributed by atoms with Gasteiger partial charge in [-0.15, -0.1) is 0 Å². The second kappa shape index (κ2) is 9.48. The fourth-order valence-electron chi connectivity index (χ4n) is 5.35. The number of hydrogen-bond acceptors (Lipinski definition) is 8. The highest BCUT2D eigenvalue weighted by Crippen LogP contribution is 2.27. The zero-order chi connectivity index (χ0) is 24.6. The first-order valence-corrected chi connectivity index (χ1v) is 12.7. The van der Waals surface area contributed by atoms with Gasteiger partial charge in [-0.05, 0) is 44.8 Å². The van der Waals surface area contributed by atoms with E-state index >= 15 is 0 Å². The number of likely N-dealkylation sites (tertiary alicyclic amines) is 1. The van der Waals surface area contributed by atoms with E-state index in [0.29, 0.717) is 29.8 Å². The standard InChI is InChI=1S/C27H31N7O2/c1-18-29-23-24(26(35)34(18)22-11-5-8-19-7-3-4-10-21(19)22)30-27(36-17-20-9-6-14-32(20)2)31-25(23)33-15-12-28-13-16-33/h3-5,7-8,10-11,20,28H,6,9,12-17H2,1-2H3. The van der Waals surface area contributed by atoms with Crippen molar-refractivity contribution in [3.63, 3.8) is 0 Å². The lowest BCUT2D eigenvalue weighted by Crippen LogP contribution is -2.44. The molecule has 1 N–H and O–H groups in total. The summed E-state index contributed by atoms with van der Waals surface area (Å²) in [5, 5.41) is 5.43. The third-order valence-corrected chi connectivity index (χ3v) is 7.35. The molecular weight excluding hydrogens is 454 g/mol. The smallest absolute Gasteiger partial charge is 0.319 e. The molecule has 0 bridgehead atoms. The Morgan fingerprint density at radius 1 is 1.00 bits per heavy atom. The van der Waals surface area contributed by atoms with Crippen LogP contribution >= 0.6 is 0 Å². The molecule has 0 radical (unpaired) electrons. The number of anilines is 1. The minimum atomic E-state index is -0.213. The van der Waals surface area contributed by atoms with Crippen molar-refractivity contribution in [3.05, 3.63) is 58.6 Å². The fourth-order valence-corrected chi connectivity index (χ4v) is 5.35. The van der Waals surface area contributed by atoms with Crippen LogP contribution in [0.1, 0.15) is 18.7 Å². The zero-order valence-electron chi connectivity index (χ0n) is 20.8. The molecule has 2 fully saturated rings. The van der Waals surface area contributed by atoms with Gasteiger partial charge in [0.05, 0.1) is 5.69 Å². The Labute approximate surface area is 209 Å². The summed E-state index contributed by atoms with van der Waals surface area (Å²) >= 11 is 0. The zero-order valence-corrected chi connectivity index (χ0v) is 20.8. The molecule has 2 aliphatic heterocycles. The average Bonchev–Trinajstić information content (AvgIpc) is 3.32. The fraction of sp³-hybridized carbons (Fsp3) is 0.407. The first kappa shape index (κ1) is 22.9. The minimum Gasteiger partial charge on any atom is -0.462 e. The van der Waals surface area contributed by atoms with Gasteiger partial charge in [-0.25, -0.2) is 4.98 Å². The lowest BCUT2D eigenvalue weighted by Gasteiger charge is -2.29. The number of nitrogens with one attached hydrogen (secondary N) is 1. The highest BCUT2D eigenvalue weighted by atomic mass is 16.5. The van der Waals surface area contributed by atoms with Crippen LogP contribution in [0.4, 0.5) is 5.82 Å². The molecule has 9 nitrogen and oxygen atoms in total. The highest BCUT2D eigenvalue weighted by molar-refractivity contribution is 5.91. The Morgan fingerprint density at radius 3 is 2.61 bits per heavy atom. The maximum atomic E-state index is 14.0. The summed E-state index contributed by atoms with van der Waals surface area (Å²) in [6.07, 6.45) is 2.25. The molecule has 1 unspecified atom stereocenters. The molecule has 186 valence electrons. The SMILES string of the molecule is Cc1nc2c(N3CCNCC3)nc(OCC3CCCN3C)nc2c(=O)n1-c1cccc2ccccc12. The topological polar surface area (TPSA) is 88.4 Å². The van der Waals surface area contributed by atoms with Crippen LogP contribution in [-0.2, 0) is 0 Å². The van der Waals surface area contributed by atoms with Crippen LogP contribution in [0.3, 0.4) is 0 Å². The van der Waals surface area contributed by atoms with Crippen molar-refractivity contribution in [1.82, 2.24) is 29.7 Å². The van der Waals surface area contributed by atoms with E-state index in [1.54, 1.807) is 4.57 Å². The molecule has 0 spiro atoms. The number of rotatable bonds is 5. The lowest BCUT2D eigenvalue weighted by atomic mass is 10.1. The minimum absolute atomic E-state index is 0.213. The molecule has 2 saturated heterocycles. The van der Waals surface area contributed by atoms with Crippen LogP contribution in [0.5, 0.6) is 6.01 Å². The van der Waals surface area contributed by atoms with Crippen LogP contribution in [0.25, 0.3) is 27.5 Å². The Kier molecular flexibility index (Phi) is 6.02. The van der Waals surface area contributed by atoms with Gasteiger partial charge in [0.25, 0.3) is 5.56 Å². The van der Waals surface area contributed by atoms with E-state index in [-0.39, 0.29) is 17.1 Å². The van der Waals surface area contributed by atoms with Crippen molar-refractivity contribution in [1.29, 1.82) is 0 Å². The predicted molar refractivity (Wildman–Crippen MR) is 141 cm³/mol. The van der Waals surface area contributed by atoms with E-state index in [1.807, 2.05) is 49.4 Å². The monoisotopic (exact) mass is 485 g/mol. The third kappa shape index (κ3) is 4.08. The van der Waals surface area contributed by atoms with E-state index in [1.165, 1.54) is 0 Å². The maximum Gasteiger partial charge on any atom is 0.319 e. The summed E-state index contributed by atoms with van der Waals surface area (Å²) in [5.41, 5.74) is 1.39. The first-order chi connectivity index (χ1) is 17.6. The maximum absolute atomic E-state index is 14.0. The van der Waals surface area contributed by atoms with Gasteiger partial charge in [-0.1, -0.05) is 36.4 Å². The summed E-state index contributed by atoms with van der Waals surface area (Å²) in [5.74, 6) is 1.27. The summed E-state index contributed by atoms with van der Waals surface area (Å²) in [4.78, 5) is 32.8. The molecular formula is C27H31N7O2. The van der Waals surface area contributed by atoms with Crippen molar-refractivity contribution in [2.24, 2.45) is 0 Å². The second-order valence-electron chi connectivity index (χ2n) is 9.65. The molecule has 4 aromatic rings. The van der Waals surface area contributed by atoms with Crippen molar-refractivity contribution in [2.75, 3.05) is 51.3 Å². The number of aryl methyl sites for hydroxylation is 1. The molecule has 4 heterocycles. The molecule has 9 heteroatoms. The van der Waals surface area contributed by atoms with E-state index < -0.39 is 0 Å². The Balaban J connectivity index is 1.51. The van der Waals surface area contributed by atoms with Gasteiger partial charge in [0.15, 0.2) is 11.3 Å². The number of piperazine rings is 1. The number of ether oxygens (including phenoxy) is 1. The highest BCUT2D eigenvalue weighted by Gasteiger charge is 2.25. The van der Waals surface area contributed by atoms with Gasteiger partial charge >= 0.3 is 6.01 Å². The summed E-state index contributed by atoms with van der Waals surface area (Å²) < 4.78 is 7.78. The molecule has 1 atom stereocenters. The number of benzene rings is 2. The average molecular weight is 486 g/mol. The van der Waals surface area contributed by atoms with E-state index in [0.717, 1.165) is 62.0 Å². The Bertz CT molecular complexity index is 1470. The number of nitrogens with zero attached hydrogens (tertiary/aromatic N) is 6. The van der Waals surface area contributed by atoms with Gasteiger partial charge in [-0.2, -0.15) is 9.97 Å². The molecule has 2 aliphatic rings. The first-order valence-electron chi connectivity index (χ1n) is 12.7. The quantitative estimate of drug-likeness (QED) is 0.461. The van der Waals surface area contributed by atoms with Crippen molar-refractivity contribution < 1.29 is 4.74 Å². The summed E-state index contributed by atoms with van der Waals surface area (Å²) in [6.45, 7) is 6.69. The largest absolute Gasteiger partial charge is 0.462 e. The Morgan fingerprint density at radius 2 is 1.81 bits per heavy atom. The summed E-state index contributed by atoms with van der Waals surface area (Å²) in [7, 11) is 2.12. The van der Waals surface area contributed by atoms with Crippen molar-refractivity contribution in [3.8, 4) is 11.7 Å². The summed E-state index contributed by atoms with van der Waals surface area (Å²) in [6, 6.07) is 14.6.